The standard InChI is InChI=1S/C19H23N7O3S/c1-3-8-21-17-15-12-22-25(18(15)24-19(23-17)30-2)10-9-20-16(27)11-13-4-6-14(7-5-13)26(28)29/h4-7,12H,3,8-11H2,1-2H3,(H,20,27)(H,21,23,24). The lowest BCUT2D eigenvalue weighted by atomic mass is 10.1. The Bertz CT molecular complexity index is 1040. The number of nitro groups is 1. The van der Waals surface area contributed by atoms with Crippen molar-refractivity contribution in [1.82, 2.24) is 25.1 Å². The van der Waals surface area contributed by atoms with E-state index in [9.17, 15) is 14.9 Å². The minimum Gasteiger partial charge on any atom is -0.369 e. The third kappa shape index (κ3) is 5.23. The number of carbonyl (C=O) groups excluding carboxylic acids is 1. The number of anilines is 1. The topological polar surface area (TPSA) is 128 Å². The number of nitro benzene ring substituents is 1. The second-order valence-corrected chi connectivity index (χ2v) is 7.31. The van der Waals surface area contributed by atoms with Crippen molar-refractivity contribution in [2.75, 3.05) is 24.7 Å². The van der Waals surface area contributed by atoms with Gasteiger partial charge in [-0.2, -0.15) is 5.10 Å². The molecule has 11 heteroatoms. The number of rotatable bonds is 10. The van der Waals surface area contributed by atoms with E-state index in [1.807, 2.05) is 6.26 Å². The molecule has 1 aromatic carbocycles. The molecule has 10 nitrogen and oxygen atoms in total. The zero-order valence-electron chi connectivity index (χ0n) is 16.8. The Morgan fingerprint density at radius 2 is 2.00 bits per heavy atom. The van der Waals surface area contributed by atoms with Crippen molar-refractivity contribution in [2.24, 2.45) is 0 Å². The summed E-state index contributed by atoms with van der Waals surface area (Å²) in [5.74, 6) is 0.602. The van der Waals surface area contributed by atoms with Gasteiger partial charge in [0, 0.05) is 25.2 Å². The minimum atomic E-state index is -0.465. The predicted octanol–water partition coefficient (Wildman–Crippen LogP) is 2.64. The van der Waals surface area contributed by atoms with Gasteiger partial charge in [-0.1, -0.05) is 30.8 Å². The molecule has 2 N–H and O–H groups in total. The molecule has 2 heterocycles. The number of carbonyl (C=O) groups is 1. The molecule has 0 saturated carbocycles. The summed E-state index contributed by atoms with van der Waals surface area (Å²) in [6.45, 7) is 3.75. The van der Waals surface area contributed by atoms with Crippen molar-refractivity contribution >= 4 is 40.2 Å². The van der Waals surface area contributed by atoms with Crippen LogP contribution in [0.25, 0.3) is 11.0 Å². The summed E-state index contributed by atoms with van der Waals surface area (Å²) in [7, 11) is 0. The smallest absolute Gasteiger partial charge is 0.269 e. The molecule has 0 fully saturated rings. The first-order valence-electron chi connectivity index (χ1n) is 9.53. The van der Waals surface area contributed by atoms with E-state index in [1.165, 1.54) is 23.9 Å². The zero-order valence-corrected chi connectivity index (χ0v) is 17.6. The minimum absolute atomic E-state index is 0.00381. The first kappa shape index (κ1) is 21.5. The van der Waals surface area contributed by atoms with E-state index in [-0.39, 0.29) is 18.0 Å². The molecule has 0 spiro atoms. The molecule has 0 radical (unpaired) electrons. The molecule has 0 saturated heterocycles. The van der Waals surface area contributed by atoms with Gasteiger partial charge >= 0.3 is 0 Å². The number of nitrogens with one attached hydrogen (secondary N) is 2. The Hall–Kier alpha value is -3.21. The fraction of sp³-hybridized carbons (Fsp3) is 0.368. The average molecular weight is 430 g/mol. The van der Waals surface area contributed by atoms with Crippen LogP contribution in [0.5, 0.6) is 0 Å². The third-order valence-corrected chi connectivity index (χ3v) is 4.91. The Labute approximate surface area is 177 Å². The molecule has 0 aliphatic carbocycles. The van der Waals surface area contributed by atoms with Crippen LogP contribution in [0.15, 0.2) is 35.6 Å². The lowest BCUT2D eigenvalue weighted by Gasteiger charge is -2.09. The maximum atomic E-state index is 12.2. The second kappa shape index (κ2) is 10.0. The Morgan fingerprint density at radius 3 is 2.67 bits per heavy atom. The van der Waals surface area contributed by atoms with Gasteiger partial charge in [0.05, 0.1) is 29.5 Å². The van der Waals surface area contributed by atoms with Gasteiger partial charge in [-0.05, 0) is 18.2 Å². The summed E-state index contributed by atoms with van der Waals surface area (Å²) in [5, 5.41) is 22.8. The maximum absolute atomic E-state index is 12.2. The summed E-state index contributed by atoms with van der Waals surface area (Å²) in [4.78, 5) is 31.5. The number of amides is 1. The summed E-state index contributed by atoms with van der Waals surface area (Å²) in [5.41, 5.74) is 1.44. The van der Waals surface area contributed by atoms with E-state index < -0.39 is 4.92 Å². The molecule has 3 aromatic rings. The molecule has 0 bridgehead atoms. The van der Waals surface area contributed by atoms with Gasteiger partial charge in [-0.15, -0.1) is 0 Å². The number of non-ortho nitro benzene ring substituents is 1. The Morgan fingerprint density at radius 1 is 1.23 bits per heavy atom. The number of benzene rings is 1. The molecular weight excluding hydrogens is 406 g/mol. The van der Waals surface area contributed by atoms with E-state index in [4.69, 9.17) is 0 Å². The fourth-order valence-electron chi connectivity index (χ4n) is 2.85. The quantitative estimate of drug-likeness (QED) is 0.218. The number of aromatic nitrogens is 4. The first-order chi connectivity index (χ1) is 14.5. The number of hydrogen-bond acceptors (Lipinski definition) is 8. The van der Waals surface area contributed by atoms with E-state index in [2.05, 4.69) is 32.6 Å². The Balaban J connectivity index is 1.61. The number of fused-ring (bicyclic) bond motifs is 1. The summed E-state index contributed by atoms with van der Waals surface area (Å²) < 4.78 is 1.75. The van der Waals surface area contributed by atoms with Gasteiger partial charge < -0.3 is 10.6 Å². The average Bonchev–Trinajstić information content (AvgIpc) is 3.15. The molecule has 1 amide bonds. The summed E-state index contributed by atoms with van der Waals surface area (Å²) in [6.07, 6.45) is 4.79. The van der Waals surface area contributed by atoms with Crippen molar-refractivity contribution in [1.29, 1.82) is 0 Å². The zero-order chi connectivity index (χ0) is 21.5. The van der Waals surface area contributed by atoms with E-state index in [0.29, 0.717) is 23.8 Å². The van der Waals surface area contributed by atoms with Gasteiger partial charge in [0.2, 0.25) is 5.91 Å². The van der Waals surface area contributed by atoms with Crippen LogP contribution in [-0.4, -0.2) is 49.9 Å². The van der Waals surface area contributed by atoms with Gasteiger partial charge in [0.15, 0.2) is 10.8 Å². The maximum Gasteiger partial charge on any atom is 0.269 e. The Kier molecular flexibility index (Phi) is 7.17. The molecule has 0 aliphatic rings. The second-order valence-electron chi connectivity index (χ2n) is 6.54. The van der Waals surface area contributed by atoms with Crippen LogP contribution in [0.2, 0.25) is 0 Å². The van der Waals surface area contributed by atoms with Gasteiger partial charge in [-0.3, -0.25) is 14.9 Å². The highest BCUT2D eigenvalue weighted by atomic mass is 32.2. The van der Waals surface area contributed by atoms with Crippen molar-refractivity contribution in [3.63, 3.8) is 0 Å². The van der Waals surface area contributed by atoms with Crippen LogP contribution >= 0.6 is 11.8 Å². The SMILES string of the molecule is CCCNc1nc(SC)nc2c1cnn2CCNC(=O)Cc1ccc([N+](=O)[O-])cc1. The molecule has 2 aromatic heterocycles. The van der Waals surface area contributed by atoms with Crippen LogP contribution in [-0.2, 0) is 17.8 Å². The first-order valence-corrected chi connectivity index (χ1v) is 10.8. The largest absolute Gasteiger partial charge is 0.369 e. The molecule has 0 unspecified atom stereocenters. The van der Waals surface area contributed by atoms with Crippen molar-refractivity contribution < 1.29 is 9.72 Å². The molecule has 158 valence electrons. The fourth-order valence-corrected chi connectivity index (χ4v) is 3.21. The number of thioether (sulfide) groups is 1. The van der Waals surface area contributed by atoms with Crippen LogP contribution in [0.3, 0.4) is 0 Å². The molecule has 3 rings (SSSR count). The number of nitrogens with zero attached hydrogens (tertiary/aromatic N) is 5. The van der Waals surface area contributed by atoms with Crippen molar-refractivity contribution in [2.45, 2.75) is 31.5 Å². The summed E-state index contributed by atoms with van der Waals surface area (Å²) in [6, 6.07) is 5.96. The highest BCUT2D eigenvalue weighted by Crippen LogP contribution is 2.23. The highest BCUT2D eigenvalue weighted by molar-refractivity contribution is 7.98. The van der Waals surface area contributed by atoms with Gasteiger partial charge in [0.25, 0.3) is 5.69 Å². The van der Waals surface area contributed by atoms with Crippen LogP contribution < -0.4 is 10.6 Å². The lowest BCUT2D eigenvalue weighted by molar-refractivity contribution is -0.384. The summed E-state index contributed by atoms with van der Waals surface area (Å²) >= 11 is 1.46. The van der Waals surface area contributed by atoms with Crippen molar-refractivity contribution in [3.8, 4) is 0 Å². The van der Waals surface area contributed by atoms with Gasteiger partial charge in [-0.25, -0.2) is 14.6 Å². The third-order valence-electron chi connectivity index (χ3n) is 4.36. The molecule has 0 aliphatic heterocycles. The van der Waals surface area contributed by atoms with Crippen LogP contribution in [0.1, 0.15) is 18.9 Å². The van der Waals surface area contributed by atoms with E-state index >= 15 is 0 Å². The molecule has 30 heavy (non-hydrogen) atoms. The van der Waals surface area contributed by atoms with Gasteiger partial charge in [0.1, 0.15) is 5.82 Å². The number of hydrogen-bond donors (Lipinski definition) is 2. The normalized spacial score (nSPS) is 10.9. The van der Waals surface area contributed by atoms with Crippen molar-refractivity contribution in [3.05, 3.63) is 46.1 Å². The predicted molar refractivity (Wildman–Crippen MR) is 116 cm³/mol. The van der Waals surface area contributed by atoms with E-state index in [1.54, 1.807) is 23.0 Å². The highest BCUT2D eigenvalue weighted by Gasteiger charge is 2.13. The van der Waals surface area contributed by atoms with Crippen LogP contribution in [0, 0.1) is 10.1 Å². The monoisotopic (exact) mass is 429 g/mol. The molecule has 0 atom stereocenters. The van der Waals surface area contributed by atoms with Crippen LogP contribution in [0.4, 0.5) is 11.5 Å². The van der Waals surface area contributed by atoms with E-state index in [0.717, 1.165) is 29.8 Å². The lowest BCUT2D eigenvalue weighted by Crippen LogP contribution is -2.28. The molecular formula is C19H23N7O3S.